The molecule has 1 aromatic carbocycles. The van der Waals surface area contributed by atoms with E-state index in [4.69, 9.17) is 11.6 Å². The van der Waals surface area contributed by atoms with Gasteiger partial charge in [0.1, 0.15) is 0 Å². The molecular formula is C8H5ClNa2O4S. The molecular weight excluding hydrogens is 274 g/mol. The fourth-order valence-electron chi connectivity index (χ4n) is 0.962. The van der Waals surface area contributed by atoms with Gasteiger partial charge < -0.3 is 14.5 Å². The molecule has 16 heavy (non-hydrogen) atoms. The van der Waals surface area contributed by atoms with Crippen molar-refractivity contribution in [2.75, 3.05) is 0 Å². The molecule has 0 saturated carbocycles. The van der Waals surface area contributed by atoms with E-state index in [1.165, 1.54) is 13.0 Å². The van der Waals surface area contributed by atoms with Crippen LogP contribution in [0.15, 0.2) is 17.0 Å². The van der Waals surface area contributed by atoms with Crippen molar-refractivity contribution in [1.29, 1.82) is 0 Å². The maximum atomic E-state index is 10.6. The van der Waals surface area contributed by atoms with E-state index >= 15 is 0 Å². The first kappa shape index (κ1) is 19.4. The Hall–Kier alpha value is 1.09. The Kier molecular flexibility index (Phi) is 10.0. The van der Waals surface area contributed by atoms with Crippen LogP contribution in [0, 0.1) is 6.92 Å². The van der Waals surface area contributed by atoms with Gasteiger partial charge in [0.25, 0.3) is 0 Å². The van der Waals surface area contributed by atoms with Crippen LogP contribution in [0.5, 0.6) is 0 Å². The summed E-state index contributed by atoms with van der Waals surface area (Å²) in [5.41, 5.74) is 0.0811. The number of hydrogen-bond acceptors (Lipinski definition) is 4. The van der Waals surface area contributed by atoms with Crippen molar-refractivity contribution in [3.05, 3.63) is 28.3 Å². The van der Waals surface area contributed by atoms with Crippen molar-refractivity contribution in [1.82, 2.24) is 0 Å². The molecule has 8 heteroatoms. The summed E-state index contributed by atoms with van der Waals surface area (Å²) in [5.74, 6) is -1.45. The van der Waals surface area contributed by atoms with Gasteiger partial charge in [0.2, 0.25) is 0 Å². The van der Waals surface area contributed by atoms with Gasteiger partial charge in [-0.1, -0.05) is 11.6 Å². The number of rotatable bonds is 2. The molecule has 0 aliphatic carbocycles. The van der Waals surface area contributed by atoms with Crippen LogP contribution < -0.4 is 64.2 Å². The van der Waals surface area contributed by atoms with Crippen LogP contribution in [-0.4, -0.2) is 14.7 Å². The fourth-order valence-corrected chi connectivity index (χ4v) is 1.67. The monoisotopic (exact) mass is 278 g/mol. The van der Waals surface area contributed by atoms with E-state index in [2.05, 4.69) is 0 Å². The molecule has 0 N–H and O–H groups in total. The van der Waals surface area contributed by atoms with Crippen LogP contribution in [0.3, 0.4) is 0 Å². The molecule has 1 unspecified atom stereocenters. The maximum absolute atomic E-state index is 10.6. The third-order valence-corrected chi connectivity index (χ3v) is 2.74. The zero-order valence-electron chi connectivity index (χ0n) is 9.07. The average molecular weight is 279 g/mol. The molecule has 0 saturated heterocycles. The quantitative estimate of drug-likeness (QED) is 0.399. The van der Waals surface area contributed by atoms with Gasteiger partial charge in [0.15, 0.2) is 0 Å². The summed E-state index contributed by atoms with van der Waals surface area (Å²) < 4.78 is 21.1. The van der Waals surface area contributed by atoms with Crippen molar-refractivity contribution in [2.24, 2.45) is 0 Å². The summed E-state index contributed by atoms with van der Waals surface area (Å²) in [7, 11) is 0. The number of carbonyl (C=O) groups is 1. The van der Waals surface area contributed by atoms with Gasteiger partial charge in [0.05, 0.1) is 5.97 Å². The molecule has 0 bridgehead atoms. The molecule has 0 aliphatic rings. The summed E-state index contributed by atoms with van der Waals surface area (Å²) >= 11 is 3.14. The predicted molar refractivity (Wildman–Crippen MR) is 47.7 cm³/mol. The van der Waals surface area contributed by atoms with Crippen molar-refractivity contribution < 1.29 is 77.8 Å². The van der Waals surface area contributed by atoms with Crippen LogP contribution in [0.1, 0.15) is 15.9 Å². The van der Waals surface area contributed by atoms with Gasteiger partial charge in [-0.2, -0.15) is 0 Å². The maximum Gasteiger partial charge on any atom is 1.00 e. The minimum atomic E-state index is -2.50. The second kappa shape index (κ2) is 8.24. The van der Waals surface area contributed by atoms with Crippen LogP contribution in [0.4, 0.5) is 0 Å². The molecule has 0 spiro atoms. The summed E-state index contributed by atoms with van der Waals surface area (Å²) in [4.78, 5) is 10.4. The van der Waals surface area contributed by atoms with E-state index in [-0.39, 0.29) is 74.6 Å². The first-order valence-corrected chi connectivity index (χ1v) is 4.99. The normalized spacial score (nSPS) is 10.9. The van der Waals surface area contributed by atoms with E-state index in [0.717, 1.165) is 6.07 Å². The first-order chi connectivity index (χ1) is 6.43. The van der Waals surface area contributed by atoms with E-state index in [0.29, 0.717) is 5.56 Å². The summed E-state index contributed by atoms with van der Waals surface area (Å²) in [6.45, 7) is 1.48. The van der Waals surface area contributed by atoms with E-state index in [1.807, 2.05) is 0 Å². The number of aromatic carboxylic acids is 1. The zero-order chi connectivity index (χ0) is 10.9. The minimum Gasteiger partial charge on any atom is -0.768 e. The predicted octanol–water partition coefficient (Wildman–Crippen LogP) is -5.74. The molecule has 0 fully saturated rings. The van der Waals surface area contributed by atoms with Crippen molar-refractivity contribution in [2.45, 2.75) is 11.8 Å². The summed E-state index contributed by atoms with van der Waals surface area (Å²) in [6.07, 6.45) is 0. The second-order valence-electron chi connectivity index (χ2n) is 2.60. The Balaban J connectivity index is 0. The average Bonchev–Trinajstić information content (AvgIpc) is 2.08. The molecule has 0 aromatic heterocycles. The van der Waals surface area contributed by atoms with Crippen LogP contribution in [0.25, 0.3) is 0 Å². The van der Waals surface area contributed by atoms with Gasteiger partial charge >= 0.3 is 59.1 Å². The Labute approximate surface area is 145 Å². The Morgan fingerprint density at radius 1 is 1.38 bits per heavy atom. The third-order valence-electron chi connectivity index (χ3n) is 1.73. The van der Waals surface area contributed by atoms with Gasteiger partial charge in [0, 0.05) is 15.5 Å². The van der Waals surface area contributed by atoms with Crippen molar-refractivity contribution >= 4 is 28.7 Å². The number of hydrogen-bond donors (Lipinski definition) is 0. The number of carbonyl (C=O) groups excluding carboxylic acids is 1. The van der Waals surface area contributed by atoms with Gasteiger partial charge in [-0.05, 0) is 35.7 Å². The largest absolute Gasteiger partial charge is 1.00 e. The van der Waals surface area contributed by atoms with E-state index in [1.54, 1.807) is 0 Å². The third kappa shape index (κ3) is 4.76. The van der Waals surface area contributed by atoms with E-state index < -0.39 is 17.0 Å². The Morgan fingerprint density at radius 3 is 2.25 bits per heavy atom. The molecule has 1 aromatic rings. The fraction of sp³-hybridized carbons (Fsp3) is 0.125. The van der Waals surface area contributed by atoms with Gasteiger partial charge in [-0.3, -0.25) is 4.21 Å². The number of halogens is 1. The molecule has 0 radical (unpaired) electrons. The molecule has 76 valence electrons. The standard InChI is InChI=1S/C8H7ClO4S.2Na/c1-4-6(8(10)11)2-5(14(12)13)3-7(4)9;;/h2-3H,1H3,(H,10,11)(H,12,13);;/q;2*+1/p-2. The summed E-state index contributed by atoms with van der Waals surface area (Å²) in [5, 5.41) is 10.7. The number of benzene rings is 1. The topological polar surface area (TPSA) is 80.3 Å². The second-order valence-corrected chi connectivity index (χ2v) is 3.95. The molecule has 0 heterocycles. The smallest absolute Gasteiger partial charge is 0.768 e. The zero-order valence-corrected chi connectivity index (χ0v) is 14.6. The molecule has 1 rings (SSSR count). The van der Waals surface area contributed by atoms with Crippen LogP contribution in [-0.2, 0) is 11.1 Å². The van der Waals surface area contributed by atoms with Crippen molar-refractivity contribution in [3.8, 4) is 0 Å². The molecule has 4 nitrogen and oxygen atoms in total. The van der Waals surface area contributed by atoms with E-state index in [9.17, 15) is 18.7 Å². The van der Waals surface area contributed by atoms with Crippen molar-refractivity contribution in [3.63, 3.8) is 0 Å². The molecule has 1 atom stereocenters. The van der Waals surface area contributed by atoms with Crippen LogP contribution in [0.2, 0.25) is 5.02 Å². The number of carboxylic acids is 1. The number of carboxylic acid groups (broad SMARTS) is 1. The minimum absolute atomic E-state index is 0. The molecule has 0 amide bonds. The summed E-state index contributed by atoms with van der Waals surface area (Å²) in [6, 6.07) is 2.20. The Morgan fingerprint density at radius 2 is 1.88 bits per heavy atom. The SMILES string of the molecule is Cc1c(Cl)cc(S(=O)[O-])cc1C(=O)[O-].[Na+].[Na+]. The first-order valence-electron chi connectivity index (χ1n) is 3.54. The van der Waals surface area contributed by atoms with Gasteiger partial charge in [-0.25, -0.2) is 0 Å². The van der Waals surface area contributed by atoms with Gasteiger partial charge in [-0.15, -0.1) is 0 Å². The van der Waals surface area contributed by atoms with Crippen LogP contribution >= 0.6 is 11.6 Å². The Bertz CT molecular complexity index is 425. The molecule has 0 aliphatic heterocycles.